The van der Waals surface area contributed by atoms with E-state index in [1.54, 1.807) is 7.11 Å². The number of aliphatic hydroxyl groups excluding tert-OH is 1. The number of hydrogen-bond acceptors (Lipinski definition) is 3. The lowest BCUT2D eigenvalue weighted by Gasteiger charge is -2.24. The van der Waals surface area contributed by atoms with Crippen molar-refractivity contribution >= 4 is 23.2 Å². The average Bonchev–Trinajstić information content (AvgIpc) is 2.44. The molecule has 20 heavy (non-hydrogen) atoms. The van der Waals surface area contributed by atoms with E-state index in [-0.39, 0.29) is 18.3 Å². The van der Waals surface area contributed by atoms with Gasteiger partial charge < -0.3 is 15.6 Å². The van der Waals surface area contributed by atoms with Gasteiger partial charge in [0.1, 0.15) is 5.75 Å². The Morgan fingerprint density at radius 2 is 1.65 bits per heavy atom. The Balaban J connectivity index is 0.00000200. The minimum absolute atomic E-state index is 0. The summed E-state index contributed by atoms with van der Waals surface area (Å²) < 4.78 is 5.37. The molecule has 0 bridgehead atoms. The summed E-state index contributed by atoms with van der Waals surface area (Å²) in [6.45, 7) is 3.94. The zero-order valence-electron chi connectivity index (χ0n) is 12.0. The SMILES string of the molecule is COc1ccc([C@@H](N)[C@@H](O)C(C)C)c2ccccc12.Cl. The molecule has 2 aromatic rings. The molecule has 0 aliphatic rings. The second-order valence-electron chi connectivity index (χ2n) is 5.16. The third-order valence-corrected chi connectivity index (χ3v) is 3.55. The molecule has 3 nitrogen and oxygen atoms in total. The van der Waals surface area contributed by atoms with Crippen molar-refractivity contribution in [3.63, 3.8) is 0 Å². The van der Waals surface area contributed by atoms with Crippen molar-refractivity contribution in [1.82, 2.24) is 0 Å². The predicted octanol–water partition coefficient (Wildman–Crippen LogP) is 3.29. The second-order valence-corrected chi connectivity index (χ2v) is 5.16. The number of nitrogens with two attached hydrogens (primary N) is 1. The van der Waals surface area contributed by atoms with Crippen LogP contribution in [0.2, 0.25) is 0 Å². The van der Waals surface area contributed by atoms with Gasteiger partial charge >= 0.3 is 0 Å². The fourth-order valence-electron chi connectivity index (χ4n) is 2.36. The lowest BCUT2D eigenvalue weighted by atomic mass is 9.91. The Bertz CT molecular complexity index is 571. The molecule has 0 unspecified atom stereocenters. The fraction of sp³-hybridized carbons (Fsp3) is 0.375. The first-order valence-electron chi connectivity index (χ1n) is 6.55. The van der Waals surface area contributed by atoms with E-state index >= 15 is 0 Å². The topological polar surface area (TPSA) is 55.5 Å². The summed E-state index contributed by atoms with van der Waals surface area (Å²) in [5.41, 5.74) is 7.16. The number of halogens is 1. The van der Waals surface area contributed by atoms with Crippen molar-refractivity contribution in [3.8, 4) is 5.75 Å². The third kappa shape index (κ3) is 3.06. The molecule has 110 valence electrons. The Morgan fingerprint density at radius 1 is 1.05 bits per heavy atom. The fourth-order valence-corrected chi connectivity index (χ4v) is 2.36. The maximum absolute atomic E-state index is 10.2. The van der Waals surface area contributed by atoms with Gasteiger partial charge in [-0.05, 0) is 22.9 Å². The van der Waals surface area contributed by atoms with Gasteiger partial charge in [0.05, 0.1) is 19.3 Å². The molecule has 2 rings (SSSR count). The summed E-state index contributed by atoms with van der Waals surface area (Å²) in [6, 6.07) is 11.4. The van der Waals surface area contributed by atoms with E-state index in [0.29, 0.717) is 0 Å². The lowest BCUT2D eigenvalue weighted by molar-refractivity contribution is 0.0984. The summed E-state index contributed by atoms with van der Waals surface area (Å²) in [7, 11) is 1.66. The van der Waals surface area contributed by atoms with Gasteiger partial charge in [-0.15, -0.1) is 12.4 Å². The highest BCUT2D eigenvalue weighted by atomic mass is 35.5. The van der Waals surface area contributed by atoms with E-state index < -0.39 is 12.1 Å². The number of rotatable bonds is 4. The molecular weight excluding hydrogens is 274 g/mol. The van der Waals surface area contributed by atoms with E-state index in [2.05, 4.69) is 0 Å². The number of aliphatic hydroxyl groups is 1. The Kier molecular flexibility index (Phi) is 5.81. The van der Waals surface area contributed by atoms with Gasteiger partial charge in [-0.25, -0.2) is 0 Å². The monoisotopic (exact) mass is 295 g/mol. The van der Waals surface area contributed by atoms with Gasteiger partial charge in [0.25, 0.3) is 0 Å². The van der Waals surface area contributed by atoms with E-state index in [4.69, 9.17) is 10.5 Å². The summed E-state index contributed by atoms with van der Waals surface area (Å²) in [5, 5.41) is 12.2. The summed E-state index contributed by atoms with van der Waals surface area (Å²) in [5.74, 6) is 0.946. The van der Waals surface area contributed by atoms with Gasteiger partial charge in [0.15, 0.2) is 0 Å². The van der Waals surface area contributed by atoms with Crippen LogP contribution in [0.25, 0.3) is 10.8 Å². The average molecular weight is 296 g/mol. The number of fused-ring (bicyclic) bond motifs is 1. The minimum atomic E-state index is -0.559. The van der Waals surface area contributed by atoms with E-state index in [9.17, 15) is 5.11 Å². The normalized spacial score (nSPS) is 13.9. The first-order valence-corrected chi connectivity index (χ1v) is 6.55. The summed E-state index contributed by atoms with van der Waals surface area (Å²) in [6.07, 6.45) is -0.559. The molecule has 0 aliphatic carbocycles. The van der Waals surface area contributed by atoms with Crippen LogP contribution in [0.1, 0.15) is 25.5 Å². The summed E-state index contributed by atoms with van der Waals surface area (Å²) >= 11 is 0. The van der Waals surface area contributed by atoms with Gasteiger partial charge in [0.2, 0.25) is 0 Å². The zero-order chi connectivity index (χ0) is 14.0. The molecule has 0 fully saturated rings. The number of hydrogen-bond donors (Lipinski definition) is 2. The molecule has 4 heteroatoms. The van der Waals surface area contributed by atoms with Crippen molar-refractivity contribution in [2.24, 2.45) is 11.7 Å². The highest BCUT2D eigenvalue weighted by Crippen LogP contribution is 2.32. The van der Waals surface area contributed by atoms with E-state index in [1.165, 1.54) is 0 Å². The molecule has 0 saturated heterocycles. The molecule has 0 amide bonds. The van der Waals surface area contributed by atoms with E-state index in [0.717, 1.165) is 22.1 Å². The third-order valence-electron chi connectivity index (χ3n) is 3.55. The van der Waals surface area contributed by atoms with Crippen LogP contribution < -0.4 is 10.5 Å². The Hall–Kier alpha value is -1.29. The molecular formula is C16H22ClNO2. The van der Waals surface area contributed by atoms with Crippen molar-refractivity contribution < 1.29 is 9.84 Å². The molecule has 0 spiro atoms. The number of ether oxygens (including phenoxy) is 1. The zero-order valence-corrected chi connectivity index (χ0v) is 12.9. The van der Waals surface area contributed by atoms with Crippen LogP contribution in [-0.2, 0) is 0 Å². The molecule has 0 heterocycles. The molecule has 0 aliphatic heterocycles. The highest BCUT2D eigenvalue weighted by Gasteiger charge is 2.22. The van der Waals surface area contributed by atoms with Crippen LogP contribution >= 0.6 is 12.4 Å². The highest BCUT2D eigenvalue weighted by molar-refractivity contribution is 5.91. The Labute approximate surface area is 126 Å². The maximum Gasteiger partial charge on any atom is 0.126 e. The van der Waals surface area contributed by atoms with Gasteiger partial charge in [-0.1, -0.05) is 44.2 Å². The van der Waals surface area contributed by atoms with Crippen LogP contribution in [0.5, 0.6) is 5.75 Å². The van der Waals surface area contributed by atoms with Crippen LogP contribution in [0.15, 0.2) is 36.4 Å². The quantitative estimate of drug-likeness (QED) is 0.910. The standard InChI is InChI=1S/C16H21NO2.ClH/c1-10(2)16(18)15(17)13-8-9-14(19-3)12-7-5-4-6-11(12)13;/h4-10,15-16,18H,17H2,1-3H3;1H/t15-,16+;/m1./s1. The molecule has 3 N–H and O–H groups in total. The first kappa shape index (κ1) is 16.8. The number of methoxy groups -OCH3 is 1. The molecule has 2 atom stereocenters. The summed E-state index contributed by atoms with van der Waals surface area (Å²) in [4.78, 5) is 0. The van der Waals surface area contributed by atoms with Crippen molar-refractivity contribution in [2.75, 3.05) is 7.11 Å². The van der Waals surface area contributed by atoms with Crippen LogP contribution in [-0.4, -0.2) is 18.3 Å². The van der Waals surface area contributed by atoms with E-state index in [1.807, 2.05) is 50.2 Å². The molecule has 2 aromatic carbocycles. The maximum atomic E-state index is 10.2. The smallest absolute Gasteiger partial charge is 0.126 e. The molecule has 0 aromatic heterocycles. The van der Waals surface area contributed by atoms with Crippen LogP contribution in [0, 0.1) is 5.92 Å². The molecule has 0 radical (unpaired) electrons. The predicted molar refractivity (Wildman–Crippen MR) is 85.5 cm³/mol. The Morgan fingerprint density at radius 3 is 2.20 bits per heavy atom. The van der Waals surface area contributed by atoms with Crippen molar-refractivity contribution in [3.05, 3.63) is 42.0 Å². The lowest BCUT2D eigenvalue weighted by Crippen LogP contribution is -2.30. The van der Waals surface area contributed by atoms with Crippen LogP contribution in [0.3, 0.4) is 0 Å². The van der Waals surface area contributed by atoms with Gasteiger partial charge in [-0.2, -0.15) is 0 Å². The van der Waals surface area contributed by atoms with Gasteiger partial charge in [-0.3, -0.25) is 0 Å². The van der Waals surface area contributed by atoms with Crippen molar-refractivity contribution in [2.45, 2.75) is 26.0 Å². The first-order chi connectivity index (χ1) is 9.06. The van der Waals surface area contributed by atoms with Gasteiger partial charge in [0, 0.05) is 5.39 Å². The second kappa shape index (κ2) is 6.93. The minimum Gasteiger partial charge on any atom is -0.496 e. The largest absolute Gasteiger partial charge is 0.496 e. The van der Waals surface area contributed by atoms with Crippen LogP contribution in [0.4, 0.5) is 0 Å². The molecule has 0 saturated carbocycles. The van der Waals surface area contributed by atoms with Crippen molar-refractivity contribution in [1.29, 1.82) is 0 Å². The number of benzene rings is 2.